The lowest BCUT2D eigenvalue weighted by Crippen LogP contribution is -2.28. The third kappa shape index (κ3) is 4.61. The van der Waals surface area contributed by atoms with Gasteiger partial charge in [-0.3, -0.25) is 4.79 Å². The number of hydrogen-bond acceptors (Lipinski definition) is 6. The summed E-state index contributed by atoms with van der Waals surface area (Å²) in [6, 6.07) is 10.0. The molecule has 0 aliphatic carbocycles. The van der Waals surface area contributed by atoms with Crippen molar-refractivity contribution >= 4 is 34.0 Å². The molecule has 0 bridgehead atoms. The molecule has 0 unspecified atom stereocenters. The summed E-state index contributed by atoms with van der Waals surface area (Å²) in [5, 5.41) is 12.5. The Bertz CT molecular complexity index is 1010. The second-order valence-electron chi connectivity index (χ2n) is 7.24. The SMILES string of the molecule is Cc1ccc(S(=O)(=O)Cc2ccc3c(c2)B(O)OC3)c(NC(=O)CN(C)C)c1. The summed E-state index contributed by atoms with van der Waals surface area (Å²) in [5.74, 6) is -0.531. The maximum Gasteiger partial charge on any atom is 0.491 e. The van der Waals surface area contributed by atoms with Gasteiger partial charge in [0.05, 0.1) is 29.5 Å². The molecule has 0 aromatic heterocycles. The molecule has 2 aromatic carbocycles. The van der Waals surface area contributed by atoms with Crippen molar-refractivity contribution in [2.45, 2.75) is 24.2 Å². The molecule has 3 rings (SSSR count). The molecule has 0 fully saturated rings. The minimum atomic E-state index is -3.72. The first-order chi connectivity index (χ1) is 13.2. The van der Waals surface area contributed by atoms with Gasteiger partial charge >= 0.3 is 7.12 Å². The Balaban J connectivity index is 1.89. The largest absolute Gasteiger partial charge is 0.491 e. The zero-order valence-electron chi connectivity index (χ0n) is 16.1. The monoisotopic (exact) mass is 402 g/mol. The van der Waals surface area contributed by atoms with Crippen LogP contribution in [0.4, 0.5) is 5.69 Å². The van der Waals surface area contributed by atoms with Gasteiger partial charge in [-0.05, 0) is 55.3 Å². The lowest BCUT2D eigenvalue weighted by atomic mass is 9.79. The summed E-state index contributed by atoms with van der Waals surface area (Å²) in [5.41, 5.74) is 3.11. The summed E-state index contributed by atoms with van der Waals surface area (Å²) < 4.78 is 31.3. The first-order valence-corrected chi connectivity index (χ1v) is 10.5. The van der Waals surface area contributed by atoms with Gasteiger partial charge in [0.15, 0.2) is 9.84 Å². The fourth-order valence-electron chi connectivity index (χ4n) is 3.14. The Morgan fingerprint density at radius 3 is 2.71 bits per heavy atom. The number of carbonyl (C=O) groups is 1. The van der Waals surface area contributed by atoms with Crippen molar-refractivity contribution in [2.24, 2.45) is 0 Å². The van der Waals surface area contributed by atoms with Crippen LogP contribution in [0.25, 0.3) is 0 Å². The molecule has 0 radical (unpaired) electrons. The predicted molar refractivity (Wildman–Crippen MR) is 108 cm³/mol. The van der Waals surface area contributed by atoms with E-state index in [4.69, 9.17) is 4.65 Å². The van der Waals surface area contributed by atoms with E-state index in [-0.39, 0.29) is 28.8 Å². The number of nitrogens with one attached hydrogen (secondary N) is 1. The van der Waals surface area contributed by atoms with E-state index < -0.39 is 17.0 Å². The average molecular weight is 402 g/mol. The molecular weight excluding hydrogens is 379 g/mol. The Labute approximate surface area is 165 Å². The van der Waals surface area contributed by atoms with Crippen molar-refractivity contribution in [3.05, 3.63) is 53.1 Å². The normalized spacial score (nSPS) is 13.7. The third-order valence-corrected chi connectivity index (χ3v) is 6.17. The first-order valence-electron chi connectivity index (χ1n) is 8.85. The topological polar surface area (TPSA) is 95.9 Å². The standard InChI is InChI=1S/C19H23BN2O5S/c1-13-4-7-18(17(8-13)21-19(23)10-22(2)3)28(25,26)12-14-5-6-15-11-27-20(24)16(15)9-14/h4-9,24H,10-12H2,1-3H3,(H,21,23). The van der Waals surface area contributed by atoms with Gasteiger partial charge in [-0.25, -0.2) is 8.42 Å². The maximum atomic E-state index is 13.1. The van der Waals surface area contributed by atoms with Crippen LogP contribution in [-0.2, 0) is 31.6 Å². The summed E-state index contributed by atoms with van der Waals surface area (Å²) in [7, 11) is -1.22. The van der Waals surface area contributed by atoms with Crippen molar-refractivity contribution in [3.63, 3.8) is 0 Å². The van der Waals surface area contributed by atoms with E-state index in [0.29, 0.717) is 17.6 Å². The first kappa shape index (κ1) is 20.5. The summed E-state index contributed by atoms with van der Waals surface area (Å²) in [4.78, 5) is 13.9. The number of fused-ring (bicyclic) bond motifs is 1. The van der Waals surface area contributed by atoms with Crippen molar-refractivity contribution in [2.75, 3.05) is 26.0 Å². The zero-order valence-corrected chi connectivity index (χ0v) is 16.9. The molecule has 0 atom stereocenters. The number of aryl methyl sites for hydroxylation is 1. The summed E-state index contributed by atoms with van der Waals surface area (Å²) in [6.07, 6.45) is 0. The maximum absolute atomic E-state index is 13.1. The van der Waals surface area contributed by atoms with Crippen LogP contribution in [0.1, 0.15) is 16.7 Å². The van der Waals surface area contributed by atoms with Crippen LogP contribution < -0.4 is 10.8 Å². The molecule has 1 aliphatic rings. The van der Waals surface area contributed by atoms with Crippen LogP contribution in [0, 0.1) is 6.92 Å². The second kappa shape index (κ2) is 8.04. The fourth-order valence-corrected chi connectivity index (χ4v) is 4.64. The quantitative estimate of drug-likeness (QED) is 0.691. The van der Waals surface area contributed by atoms with Crippen LogP contribution in [0.3, 0.4) is 0 Å². The molecule has 9 heteroatoms. The highest BCUT2D eigenvalue weighted by atomic mass is 32.2. The van der Waals surface area contributed by atoms with E-state index in [9.17, 15) is 18.2 Å². The lowest BCUT2D eigenvalue weighted by molar-refractivity contribution is -0.116. The van der Waals surface area contributed by atoms with Crippen molar-refractivity contribution in [1.82, 2.24) is 4.90 Å². The second-order valence-corrected chi connectivity index (χ2v) is 9.20. The smallest absolute Gasteiger partial charge is 0.423 e. The van der Waals surface area contributed by atoms with Crippen molar-refractivity contribution in [3.8, 4) is 0 Å². The van der Waals surface area contributed by atoms with Crippen LogP contribution >= 0.6 is 0 Å². The van der Waals surface area contributed by atoms with Gasteiger partial charge in [0.25, 0.3) is 0 Å². The molecule has 1 aliphatic heterocycles. The Morgan fingerprint density at radius 2 is 2.00 bits per heavy atom. The summed E-state index contributed by atoms with van der Waals surface area (Å²) in [6.45, 7) is 2.29. The molecule has 0 saturated heterocycles. The molecule has 0 spiro atoms. The molecule has 148 valence electrons. The highest BCUT2D eigenvalue weighted by Gasteiger charge is 2.28. The number of benzene rings is 2. The minimum Gasteiger partial charge on any atom is -0.423 e. The Morgan fingerprint density at radius 1 is 1.25 bits per heavy atom. The van der Waals surface area contributed by atoms with Crippen LogP contribution in [0.5, 0.6) is 0 Å². The minimum absolute atomic E-state index is 0.0718. The number of likely N-dealkylation sites (N-methyl/N-ethyl adjacent to an activating group) is 1. The van der Waals surface area contributed by atoms with Crippen molar-refractivity contribution in [1.29, 1.82) is 0 Å². The lowest BCUT2D eigenvalue weighted by Gasteiger charge is -2.15. The highest BCUT2D eigenvalue weighted by Crippen LogP contribution is 2.26. The number of hydrogen-bond donors (Lipinski definition) is 2. The highest BCUT2D eigenvalue weighted by molar-refractivity contribution is 7.90. The van der Waals surface area contributed by atoms with Crippen LogP contribution in [-0.4, -0.2) is 52.0 Å². The van der Waals surface area contributed by atoms with Crippen LogP contribution in [0.15, 0.2) is 41.3 Å². The van der Waals surface area contributed by atoms with Crippen molar-refractivity contribution < 1.29 is 22.9 Å². The average Bonchev–Trinajstić information content (AvgIpc) is 2.94. The van der Waals surface area contributed by atoms with Gasteiger partial charge < -0.3 is 19.9 Å². The number of carbonyl (C=O) groups excluding carboxylic acids is 1. The van der Waals surface area contributed by atoms with E-state index in [0.717, 1.165) is 11.1 Å². The number of nitrogens with zero attached hydrogens (tertiary/aromatic N) is 1. The molecule has 1 amide bonds. The van der Waals surface area contributed by atoms with Gasteiger partial charge in [-0.15, -0.1) is 0 Å². The Hall–Kier alpha value is -2.20. The third-order valence-electron chi connectivity index (χ3n) is 4.43. The van der Waals surface area contributed by atoms with E-state index in [1.165, 1.54) is 6.07 Å². The number of amides is 1. The number of sulfone groups is 1. The molecule has 1 heterocycles. The molecule has 28 heavy (non-hydrogen) atoms. The molecule has 2 aromatic rings. The number of rotatable bonds is 6. The number of anilines is 1. The zero-order chi connectivity index (χ0) is 20.5. The van der Waals surface area contributed by atoms with Gasteiger partial charge in [-0.2, -0.15) is 0 Å². The molecular formula is C19H23BN2O5S. The Kier molecular flexibility index (Phi) is 5.90. The van der Waals surface area contributed by atoms with Gasteiger partial charge in [0.2, 0.25) is 5.91 Å². The fraction of sp³-hybridized carbons (Fsp3) is 0.316. The molecule has 7 nitrogen and oxygen atoms in total. The van der Waals surface area contributed by atoms with Gasteiger partial charge in [0.1, 0.15) is 0 Å². The van der Waals surface area contributed by atoms with E-state index in [1.54, 1.807) is 49.3 Å². The van der Waals surface area contributed by atoms with Gasteiger partial charge in [-0.1, -0.05) is 24.3 Å². The van der Waals surface area contributed by atoms with Gasteiger partial charge in [0, 0.05) is 0 Å². The summed E-state index contributed by atoms with van der Waals surface area (Å²) >= 11 is 0. The van der Waals surface area contributed by atoms with Crippen LogP contribution in [0.2, 0.25) is 0 Å². The predicted octanol–water partition coefficient (Wildman–Crippen LogP) is 0.687. The van der Waals surface area contributed by atoms with E-state index >= 15 is 0 Å². The molecule has 2 N–H and O–H groups in total. The van der Waals surface area contributed by atoms with E-state index in [1.807, 2.05) is 6.92 Å². The van der Waals surface area contributed by atoms with E-state index in [2.05, 4.69) is 5.32 Å². The molecule has 0 saturated carbocycles.